The molecule has 2 N–H and O–H groups in total. The average Bonchev–Trinajstić information content (AvgIpc) is 3.31. The number of aliphatic hydroxyl groups is 1. The van der Waals surface area contributed by atoms with E-state index in [0.29, 0.717) is 17.1 Å². The van der Waals surface area contributed by atoms with Gasteiger partial charge in [0, 0.05) is 28.6 Å². The van der Waals surface area contributed by atoms with E-state index in [1.165, 1.54) is 9.80 Å². The monoisotopic (exact) mass is 512 g/mol. The maximum atomic E-state index is 13.9. The minimum atomic E-state index is -1.28. The molecule has 3 unspecified atom stereocenters. The lowest BCUT2D eigenvalue weighted by Gasteiger charge is -2.36. The van der Waals surface area contributed by atoms with Crippen LogP contribution in [0.1, 0.15) is 6.42 Å². The number of hydrogen-bond acceptors (Lipinski definition) is 5. The van der Waals surface area contributed by atoms with Crippen molar-refractivity contribution in [3.05, 3.63) is 41.9 Å². The lowest BCUT2D eigenvalue weighted by molar-refractivity contribution is -0.149. The maximum absolute atomic E-state index is 13.9. The summed E-state index contributed by atoms with van der Waals surface area (Å²) in [5, 5.41) is 19.9. The van der Waals surface area contributed by atoms with Crippen LogP contribution in [-0.4, -0.2) is 75.2 Å². The molecule has 1 spiro atoms. The predicted octanol–water partition coefficient (Wildman–Crippen LogP) is 1.68. The van der Waals surface area contributed by atoms with Crippen LogP contribution >= 0.6 is 27.5 Å². The Kier molecular flexibility index (Phi) is 5.89. The van der Waals surface area contributed by atoms with Crippen LogP contribution in [0, 0.1) is 11.8 Å². The van der Waals surface area contributed by atoms with Gasteiger partial charge in [-0.2, -0.15) is 0 Å². The Hall–Kier alpha value is -1.94. The number of hydrogen-bond donors (Lipinski definition) is 2. The standard InChI is InChI=1S/C21H22BrClN2O6/c1-2-7-24(12-5-3-11(23)4-6-12)19(28)17-21-10-13(22)16(31-21)14(20(29)30)15(21)18(27)25(17)8-9-26/h2-6,13-17,26H,1,7-10H2,(H,29,30)/t13?,14-,15-,16-,17?,21?/m0/s1. The minimum Gasteiger partial charge on any atom is -0.481 e. The van der Waals surface area contributed by atoms with E-state index in [9.17, 15) is 24.6 Å². The van der Waals surface area contributed by atoms with Gasteiger partial charge in [-0.25, -0.2) is 0 Å². The number of carbonyl (C=O) groups is 3. The van der Waals surface area contributed by atoms with Gasteiger partial charge in [-0.3, -0.25) is 14.4 Å². The number of alkyl halides is 1. The van der Waals surface area contributed by atoms with Crippen LogP contribution in [0.25, 0.3) is 0 Å². The molecule has 31 heavy (non-hydrogen) atoms. The first-order valence-corrected chi connectivity index (χ1v) is 11.2. The third kappa shape index (κ3) is 3.29. The highest BCUT2D eigenvalue weighted by Crippen LogP contribution is 2.60. The molecule has 0 saturated carbocycles. The van der Waals surface area contributed by atoms with Crippen molar-refractivity contribution in [3.63, 3.8) is 0 Å². The van der Waals surface area contributed by atoms with Gasteiger partial charge in [-0.1, -0.05) is 33.6 Å². The number of halogens is 2. The summed E-state index contributed by atoms with van der Waals surface area (Å²) < 4.78 is 6.17. The zero-order chi connectivity index (χ0) is 22.5. The number of amides is 2. The summed E-state index contributed by atoms with van der Waals surface area (Å²) in [5.74, 6) is -4.07. The van der Waals surface area contributed by atoms with Crippen molar-refractivity contribution < 1.29 is 29.3 Å². The number of ether oxygens (including phenoxy) is 1. The topological polar surface area (TPSA) is 107 Å². The fraction of sp³-hybridized carbons (Fsp3) is 0.476. The van der Waals surface area contributed by atoms with E-state index >= 15 is 0 Å². The Labute approximate surface area is 192 Å². The maximum Gasteiger partial charge on any atom is 0.310 e. The molecule has 3 aliphatic rings. The van der Waals surface area contributed by atoms with Crippen LogP contribution in [0.4, 0.5) is 5.69 Å². The van der Waals surface area contributed by atoms with E-state index in [0.717, 1.165) is 0 Å². The molecular formula is C21H22BrClN2O6. The second-order valence-corrected chi connectivity index (χ2v) is 9.58. The van der Waals surface area contributed by atoms with Crippen LogP contribution in [0.2, 0.25) is 5.02 Å². The highest BCUT2D eigenvalue weighted by atomic mass is 79.9. The molecular weight excluding hydrogens is 492 g/mol. The fourth-order valence-electron chi connectivity index (χ4n) is 5.26. The quantitative estimate of drug-likeness (QED) is 0.424. The van der Waals surface area contributed by atoms with Crippen LogP contribution in [-0.2, 0) is 19.1 Å². The van der Waals surface area contributed by atoms with E-state index in [1.54, 1.807) is 30.3 Å². The Morgan fingerprint density at radius 3 is 2.65 bits per heavy atom. The lowest BCUT2D eigenvalue weighted by atomic mass is 9.70. The first-order chi connectivity index (χ1) is 14.8. The zero-order valence-corrected chi connectivity index (χ0v) is 18.8. The summed E-state index contributed by atoms with van der Waals surface area (Å²) in [7, 11) is 0. The van der Waals surface area contributed by atoms with Gasteiger partial charge in [-0.15, -0.1) is 6.58 Å². The molecule has 10 heteroatoms. The summed E-state index contributed by atoms with van der Waals surface area (Å²) in [6.07, 6.45) is 1.18. The molecule has 0 radical (unpaired) electrons. The molecule has 6 atom stereocenters. The molecule has 3 heterocycles. The number of carboxylic acid groups (broad SMARTS) is 1. The number of carboxylic acids is 1. The van der Waals surface area contributed by atoms with E-state index in [2.05, 4.69) is 22.5 Å². The number of aliphatic carboxylic acids is 1. The third-order valence-corrected chi connectivity index (χ3v) is 7.46. The van der Waals surface area contributed by atoms with Crippen LogP contribution < -0.4 is 4.90 Å². The SMILES string of the molecule is C=CCN(C(=O)C1N(CCO)C(=O)[C@@H]2[C@H](C(=O)O)[C@H]3OC12CC3Br)c1ccc(Cl)cc1. The number of fused-ring (bicyclic) bond motifs is 1. The van der Waals surface area contributed by atoms with Crippen LogP contribution in [0.3, 0.4) is 0 Å². The number of benzene rings is 1. The fourth-order valence-corrected chi connectivity index (χ4v) is 6.33. The van der Waals surface area contributed by atoms with Crippen molar-refractivity contribution in [2.45, 2.75) is 29.0 Å². The molecule has 3 aliphatic heterocycles. The van der Waals surface area contributed by atoms with Gasteiger partial charge in [0.1, 0.15) is 11.6 Å². The summed E-state index contributed by atoms with van der Waals surface area (Å²) in [6.45, 7) is 3.44. The third-order valence-electron chi connectivity index (χ3n) is 6.37. The average molecular weight is 514 g/mol. The van der Waals surface area contributed by atoms with E-state index in [4.69, 9.17) is 16.3 Å². The molecule has 4 rings (SSSR count). The lowest BCUT2D eigenvalue weighted by Crippen LogP contribution is -2.57. The summed E-state index contributed by atoms with van der Waals surface area (Å²) in [5.41, 5.74) is -0.722. The van der Waals surface area contributed by atoms with Gasteiger partial charge in [0.25, 0.3) is 5.91 Å². The van der Waals surface area contributed by atoms with Crippen molar-refractivity contribution >= 4 is 51.0 Å². The number of likely N-dealkylation sites (tertiary alicyclic amines) is 1. The Bertz CT molecular complexity index is 927. The number of anilines is 1. The number of aliphatic hydroxyl groups excluding tert-OH is 1. The highest BCUT2D eigenvalue weighted by Gasteiger charge is 2.76. The minimum absolute atomic E-state index is 0.0939. The largest absolute Gasteiger partial charge is 0.481 e. The van der Waals surface area contributed by atoms with Gasteiger partial charge < -0.3 is 24.7 Å². The van der Waals surface area contributed by atoms with Crippen molar-refractivity contribution in [1.82, 2.24) is 4.90 Å². The second-order valence-electron chi connectivity index (χ2n) is 7.97. The summed E-state index contributed by atoms with van der Waals surface area (Å²) in [4.78, 5) is 41.6. The Morgan fingerprint density at radius 1 is 1.39 bits per heavy atom. The molecule has 0 aliphatic carbocycles. The van der Waals surface area contributed by atoms with E-state index in [-0.39, 0.29) is 24.5 Å². The first kappa shape index (κ1) is 22.3. The molecule has 0 aromatic heterocycles. The predicted molar refractivity (Wildman–Crippen MR) is 116 cm³/mol. The van der Waals surface area contributed by atoms with Crippen molar-refractivity contribution in [2.75, 3.05) is 24.6 Å². The molecule has 2 amide bonds. The van der Waals surface area contributed by atoms with Gasteiger partial charge in [0.2, 0.25) is 5.91 Å². The molecule has 166 valence electrons. The van der Waals surface area contributed by atoms with E-state index < -0.39 is 47.4 Å². The normalized spacial score (nSPS) is 33.5. The Morgan fingerprint density at radius 2 is 2.06 bits per heavy atom. The number of rotatable bonds is 7. The van der Waals surface area contributed by atoms with Gasteiger partial charge in [0.15, 0.2) is 0 Å². The number of nitrogens with zero attached hydrogens (tertiary/aromatic N) is 2. The smallest absolute Gasteiger partial charge is 0.310 e. The molecule has 1 aromatic carbocycles. The van der Waals surface area contributed by atoms with Gasteiger partial charge in [-0.05, 0) is 30.7 Å². The zero-order valence-electron chi connectivity index (χ0n) is 16.5. The molecule has 1 aromatic rings. The first-order valence-electron chi connectivity index (χ1n) is 9.90. The second kappa shape index (κ2) is 8.20. The Balaban J connectivity index is 1.79. The van der Waals surface area contributed by atoms with Crippen molar-refractivity contribution in [3.8, 4) is 0 Å². The van der Waals surface area contributed by atoms with E-state index in [1.807, 2.05) is 0 Å². The highest BCUT2D eigenvalue weighted by molar-refractivity contribution is 9.09. The van der Waals surface area contributed by atoms with Crippen molar-refractivity contribution in [2.24, 2.45) is 11.8 Å². The molecule has 2 bridgehead atoms. The van der Waals surface area contributed by atoms with Gasteiger partial charge in [0.05, 0.1) is 24.5 Å². The van der Waals surface area contributed by atoms with Crippen molar-refractivity contribution in [1.29, 1.82) is 0 Å². The molecule has 3 fully saturated rings. The molecule has 8 nitrogen and oxygen atoms in total. The molecule has 3 saturated heterocycles. The van der Waals surface area contributed by atoms with Crippen LogP contribution in [0.5, 0.6) is 0 Å². The number of carbonyl (C=O) groups excluding carboxylic acids is 2. The summed E-state index contributed by atoms with van der Waals surface area (Å²) >= 11 is 9.47. The van der Waals surface area contributed by atoms with Crippen LogP contribution in [0.15, 0.2) is 36.9 Å². The number of β-amino-alcohol motifs (C(OH)–C–C–N with tert-alkyl or cyclic N) is 1. The van der Waals surface area contributed by atoms with Gasteiger partial charge >= 0.3 is 5.97 Å². The summed E-state index contributed by atoms with van der Waals surface area (Å²) in [6, 6.07) is 5.61.